The number of imidazole rings is 1. The van der Waals surface area contributed by atoms with Crippen molar-refractivity contribution >= 4 is 0 Å². The third kappa shape index (κ3) is 4.07. The predicted octanol–water partition coefficient (Wildman–Crippen LogP) is 3.50. The van der Waals surface area contributed by atoms with Crippen LogP contribution in [0.4, 0.5) is 0 Å². The molecule has 2 atom stereocenters. The lowest BCUT2D eigenvalue weighted by Crippen LogP contribution is -2.29. The van der Waals surface area contributed by atoms with Gasteiger partial charge in [0.15, 0.2) is 0 Å². The molecule has 108 valence electrons. The van der Waals surface area contributed by atoms with Gasteiger partial charge in [-0.3, -0.25) is 0 Å². The molecule has 3 nitrogen and oxygen atoms in total. The number of aromatic nitrogens is 2. The number of nitrogens with one attached hydrogen (secondary N) is 1. The van der Waals surface area contributed by atoms with Crippen molar-refractivity contribution in [2.75, 3.05) is 0 Å². The third-order valence-electron chi connectivity index (χ3n) is 4.66. The van der Waals surface area contributed by atoms with E-state index in [0.29, 0.717) is 11.5 Å². The second kappa shape index (κ2) is 6.08. The molecular formula is C16H29N3. The van der Waals surface area contributed by atoms with E-state index >= 15 is 0 Å². The van der Waals surface area contributed by atoms with Gasteiger partial charge in [-0.2, -0.15) is 0 Å². The number of hydrogen-bond acceptors (Lipinski definition) is 2. The molecule has 2 rings (SSSR count). The van der Waals surface area contributed by atoms with Crippen LogP contribution in [0.25, 0.3) is 0 Å². The highest BCUT2D eigenvalue weighted by atomic mass is 15.1. The molecule has 0 spiro atoms. The first kappa shape index (κ1) is 14.6. The lowest BCUT2D eigenvalue weighted by atomic mass is 9.76. The molecule has 1 saturated carbocycles. The maximum atomic E-state index is 4.38. The van der Waals surface area contributed by atoms with E-state index in [1.54, 1.807) is 0 Å². The van der Waals surface area contributed by atoms with Crippen LogP contribution in [0, 0.1) is 11.3 Å². The van der Waals surface area contributed by atoms with Crippen molar-refractivity contribution in [2.45, 2.75) is 65.5 Å². The molecule has 19 heavy (non-hydrogen) atoms. The van der Waals surface area contributed by atoms with Gasteiger partial charge >= 0.3 is 0 Å². The SMILES string of the molecule is Cn1ccnc1CNC1CCCC(C(C)(C)C)CC1. The van der Waals surface area contributed by atoms with Gasteiger partial charge in [0, 0.05) is 25.5 Å². The lowest BCUT2D eigenvalue weighted by Gasteiger charge is -2.29. The number of hydrogen-bond donors (Lipinski definition) is 1. The van der Waals surface area contributed by atoms with Crippen LogP contribution in [-0.2, 0) is 13.6 Å². The van der Waals surface area contributed by atoms with Crippen molar-refractivity contribution in [3.8, 4) is 0 Å². The first-order valence-electron chi connectivity index (χ1n) is 7.66. The summed E-state index contributed by atoms with van der Waals surface area (Å²) in [5, 5.41) is 3.69. The first-order chi connectivity index (χ1) is 8.97. The van der Waals surface area contributed by atoms with E-state index in [9.17, 15) is 0 Å². The molecule has 0 bridgehead atoms. The Morgan fingerprint density at radius 2 is 2.05 bits per heavy atom. The summed E-state index contributed by atoms with van der Waals surface area (Å²) in [5.74, 6) is 2.02. The summed E-state index contributed by atoms with van der Waals surface area (Å²) < 4.78 is 2.10. The zero-order valence-corrected chi connectivity index (χ0v) is 12.9. The van der Waals surface area contributed by atoms with Crippen LogP contribution in [0.15, 0.2) is 12.4 Å². The van der Waals surface area contributed by atoms with E-state index in [-0.39, 0.29) is 0 Å². The summed E-state index contributed by atoms with van der Waals surface area (Å²) in [7, 11) is 2.06. The predicted molar refractivity (Wildman–Crippen MR) is 79.9 cm³/mol. The molecule has 1 aliphatic rings. The normalized spacial score (nSPS) is 25.3. The van der Waals surface area contributed by atoms with Crippen LogP contribution < -0.4 is 5.32 Å². The van der Waals surface area contributed by atoms with Gasteiger partial charge in [0.2, 0.25) is 0 Å². The lowest BCUT2D eigenvalue weighted by molar-refractivity contribution is 0.213. The van der Waals surface area contributed by atoms with Crippen LogP contribution in [0.2, 0.25) is 0 Å². The summed E-state index contributed by atoms with van der Waals surface area (Å²) >= 11 is 0. The minimum atomic E-state index is 0.467. The molecule has 0 radical (unpaired) electrons. The topological polar surface area (TPSA) is 29.9 Å². The van der Waals surface area contributed by atoms with Gasteiger partial charge in [-0.05, 0) is 37.0 Å². The minimum Gasteiger partial charge on any atom is -0.337 e. The van der Waals surface area contributed by atoms with Gasteiger partial charge in [0.25, 0.3) is 0 Å². The highest BCUT2D eigenvalue weighted by molar-refractivity contribution is 4.91. The Labute approximate surface area is 117 Å². The highest BCUT2D eigenvalue weighted by Crippen LogP contribution is 2.36. The molecule has 0 amide bonds. The molecule has 1 aromatic heterocycles. The van der Waals surface area contributed by atoms with Crippen molar-refractivity contribution in [3.05, 3.63) is 18.2 Å². The summed E-state index contributed by atoms with van der Waals surface area (Å²) in [4.78, 5) is 4.38. The Bertz CT molecular complexity index is 389. The molecule has 0 aromatic carbocycles. The van der Waals surface area contributed by atoms with Crippen molar-refractivity contribution < 1.29 is 0 Å². The van der Waals surface area contributed by atoms with Crippen molar-refractivity contribution in [1.82, 2.24) is 14.9 Å². The summed E-state index contributed by atoms with van der Waals surface area (Å²) in [6.07, 6.45) is 10.6. The smallest absolute Gasteiger partial charge is 0.122 e. The van der Waals surface area contributed by atoms with Gasteiger partial charge < -0.3 is 9.88 Å². The van der Waals surface area contributed by atoms with Gasteiger partial charge in [0.1, 0.15) is 5.82 Å². The van der Waals surface area contributed by atoms with Gasteiger partial charge in [-0.25, -0.2) is 4.98 Å². The van der Waals surface area contributed by atoms with Crippen LogP contribution in [0.1, 0.15) is 58.7 Å². The Morgan fingerprint density at radius 3 is 2.68 bits per heavy atom. The maximum Gasteiger partial charge on any atom is 0.122 e. The van der Waals surface area contributed by atoms with Gasteiger partial charge in [-0.1, -0.05) is 27.2 Å². The summed E-state index contributed by atoms with van der Waals surface area (Å²) in [6.45, 7) is 8.06. The fourth-order valence-corrected chi connectivity index (χ4v) is 3.17. The van der Waals surface area contributed by atoms with Crippen molar-refractivity contribution in [1.29, 1.82) is 0 Å². The Kier molecular flexibility index (Phi) is 4.67. The van der Waals surface area contributed by atoms with E-state index < -0.39 is 0 Å². The average molecular weight is 263 g/mol. The van der Waals surface area contributed by atoms with Crippen molar-refractivity contribution in [3.63, 3.8) is 0 Å². The maximum absolute atomic E-state index is 4.38. The van der Waals surface area contributed by atoms with Gasteiger partial charge in [-0.15, -0.1) is 0 Å². The Morgan fingerprint density at radius 1 is 1.26 bits per heavy atom. The third-order valence-corrected chi connectivity index (χ3v) is 4.66. The first-order valence-corrected chi connectivity index (χ1v) is 7.66. The highest BCUT2D eigenvalue weighted by Gasteiger charge is 2.27. The molecule has 0 aliphatic heterocycles. The standard InChI is InChI=1S/C16H29N3/c1-16(2,3)13-6-5-7-14(9-8-13)18-12-15-17-10-11-19(15)4/h10-11,13-14,18H,5-9,12H2,1-4H3. The zero-order valence-electron chi connectivity index (χ0n) is 12.9. The van der Waals surface area contributed by atoms with E-state index in [2.05, 4.69) is 42.7 Å². The molecule has 0 saturated heterocycles. The molecule has 1 heterocycles. The fourth-order valence-electron chi connectivity index (χ4n) is 3.17. The quantitative estimate of drug-likeness (QED) is 0.846. The van der Waals surface area contributed by atoms with Crippen LogP contribution in [-0.4, -0.2) is 15.6 Å². The Balaban J connectivity index is 1.82. The van der Waals surface area contributed by atoms with Gasteiger partial charge in [0.05, 0.1) is 6.54 Å². The van der Waals surface area contributed by atoms with Crippen LogP contribution in [0.5, 0.6) is 0 Å². The monoisotopic (exact) mass is 263 g/mol. The molecular weight excluding hydrogens is 234 g/mol. The molecule has 3 heteroatoms. The van der Waals surface area contributed by atoms with E-state index in [4.69, 9.17) is 0 Å². The molecule has 1 aromatic rings. The molecule has 1 N–H and O–H groups in total. The second-order valence-corrected chi connectivity index (χ2v) is 7.10. The molecule has 2 unspecified atom stereocenters. The fraction of sp³-hybridized carbons (Fsp3) is 0.812. The minimum absolute atomic E-state index is 0.467. The molecule has 1 aliphatic carbocycles. The van der Waals surface area contributed by atoms with E-state index in [1.807, 2.05) is 12.4 Å². The largest absolute Gasteiger partial charge is 0.337 e. The summed E-state index contributed by atoms with van der Waals surface area (Å²) in [6, 6.07) is 0.670. The van der Waals surface area contributed by atoms with Crippen LogP contribution in [0.3, 0.4) is 0 Å². The second-order valence-electron chi connectivity index (χ2n) is 7.10. The van der Waals surface area contributed by atoms with Crippen molar-refractivity contribution in [2.24, 2.45) is 18.4 Å². The summed E-state index contributed by atoms with van der Waals surface area (Å²) in [5.41, 5.74) is 0.467. The Hall–Kier alpha value is -0.830. The average Bonchev–Trinajstić information content (AvgIpc) is 2.61. The molecule has 1 fully saturated rings. The zero-order chi connectivity index (χ0) is 13.9. The number of rotatable bonds is 3. The van der Waals surface area contributed by atoms with E-state index in [0.717, 1.165) is 18.3 Å². The number of aryl methyl sites for hydroxylation is 1. The van der Waals surface area contributed by atoms with E-state index in [1.165, 1.54) is 32.1 Å². The number of nitrogens with zero attached hydrogens (tertiary/aromatic N) is 2. The van der Waals surface area contributed by atoms with Crippen LogP contribution >= 0.6 is 0 Å².